The first-order valence-corrected chi connectivity index (χ1v) is 8.65. The van der Waals surface area contributed by atoms with E-state index in [4.69, 9.17) is 5.73 Å². The van der Waals surface area contributed by atoms with E-state index >= 15 is 0 Å². The lowest BCUT2D eigenvalue weighted by Crippen LogP contribution is -2.50. The molecule has 1 aliphatic carbocycles. The van der Waals surface area contributed by atoms with Gasteiger partial charge in [0.2, 0.25) is 0 Å². The van der Waals surface area contributed by atoms with Gasteiger partial charge in [0.1, 0.15) is 0 Å². The molecule has 0 amide bonds. The van der Waals surface area contributed by atoms with Crippen LogP contribution >= 0.6 is 0 Å². The molecule has 0 bridgehead atoms. The van der Waals surface area contributed by atoms with Crippen molar-refractivity contribution in [2.24, 2.45) is 5.73 Å². The molecule has 2 rings (SSSR count). The van der Waals surface area contributed by atoms with Crippen molar-refractivity contribution in [3.8, 4) is 0 Å². The fourth-order valence-electron chi connectivity index (χ4n) is 3.32. The van der Waals surface area contributed by atoms with E-state index in [-0.39, 0.29) is 23.6 Å². The summed E-state index contributed by atoms with van der Waals surface area (Å²) in [5.74, 6) is 0.0188. The van der Waals surface area contributed by atoms with Crippen molar-refractivity contribution in [3.05, 3.63) is 0 Å². The Balaban J connectivity index is 2.05. The van der Waals surface area contributed by atoms with E-state index in [0.717, 1.165) is 32.2 Å². The van der Waals surface area contributed by atoms with E-state index < -0.39 is 15.9 Å². The molecule has 1 saturated carbocycles. The third-order valence-electron chi connectivity index (χ3n) is 4.30. The van der Waals surface area contributed by atoms with Gasteiger partial charge in [-0.15, -0.1) is 0 Å². The Morgan fingerprint density at radius 3 is 2.28 bits per heavy atom. The third-order valence-corrected chi connectivity index (χ3v) is 5.99. The Bertz CT molecular complexity index is 377. The highest BCUT2D eigenvalue weighted by molar-refractivity contribution is 7.91. The Labute approximate surface area is 109 Å². The summed E-state index contributed by atoms with van der Waals surface area (Å²) >= 11 is 0. The fourth-order valence-corrected chi connectivity index (χ4v) is 5.14. The molecule has 0 radical (unpaired) electrons. The monoisotopic (exact) mass is 276 g/mol. The standard InChI is InChI=1S/C12H24N2O3S/c1-2-14(10-5-3-9(13)4-6-10)11-7-18(16,17)8-12(11)15/h9-12,15H,2-8,13H2,1H3. The maximum atomic E-state index is 11.6. The lowest BCUT2D eigenvalue weighted by molar-refractivity contribution is 0.0429. The number of nitrogens with two attached hydrogens (primary N) is 1. The van der Waals surface area contributed by atoms with E-state index in [1.54, 1.807) is 0 Å². The van der Waals surface area contributed by atoms with Crippen LogP contribution < -0.4 is 5.73 Å². The minimum atomic E-state index is -3.07. The van der Waals surface area contributed by atoms with E-state index in [1.165, 1.54) is 0 Å². The smallest absolute Gasteiger partial charge is 0.154 e. The van der Waals surface area contributed by atoms with Crippen LogP contribution in [0.3, 0.4) is 0 Å². The molecule has 106 valence electrons. The molecule has 1 aliphatic heterocycles. The zero-order valence-electron chi connectivity index (χ0n) is 11.0. The van der Waals surface area contributed by atoms with Crippen molar-refractivity contribution in [1.82, 2.24) is 4.90 Å². The SMILES string of the molecule is CCN(C1CCC(N)CC1)C1CS(=O)(=O)CC1O. The van der Waals surface area contributed by atoms with Crippen LogP contribution in [0, 0.1) is 0 Å². The Kier molecular flexibility index (Phi) is 4.31. The molecule has 2 fully saturated rings. The maximum Gasteiger partial charge on any atom is 0.154 e. The molecular formula is C12H24N2O3S. The highest BCUT2D eigenvalue weighted by Crippen LogP contribution is 2.27. The average molecular weight is 276 g/mol. The molecule has 0 aromatic rings. The number of hydrogen-bond acceptors (Lipinski definition) is 5. The summed E-state index contributed by atoms with van der Waals surface area (Å²) < 4.78 is 23.2. The van der Waals surface area contributed by atoms with Gasteiger partial charge in [0.15, 0.2) is 9.84 Å². The molecule has 6 heteroatoms. The van der Waals surface area contributed by atoms with Gasteiger partial charge in [-0.2, -0.15) is 0 Å². The number of nitrogens with zero attached hydrogens (tertiary/aromatic N) is 1. The Morgan fingerprint density at radius 2 is 1.83 bits per heavy atom. The van der Waals surface area contributed by atoms with Crippen LogP contribution in [0.25, 0.3) is 0 Å². The summed E-state index contributed by atoms with van der Waals surface area (Å²) in [5, 5.41) is 9.96. The van der Waals surface area contributed by atoms with Crippen LogP contribution in [0.1, 0.15) is 32.6 Å². The number of likely N-dealkylation sites (N-methyl/N-ethyl adjacent to an activating group) is 1. The van der Waals surface area contributed by atoms with Crippen LogP contribution in [0.5, 0.6) is 0 Å². The topological polar surface area (TPSA) is 83.6 Å². The van der Waals surface area contributed by atoms with Crippen molar-refractivity contribution in [3.63, 3.8) is 0 Å². The molecule has 2 unspecified atom stereocenters. The average Bonchev–Trinajstić information content (AvgIpc) is 2.56. The molecule has 1 heterocycles. The number of aliphatic hydroxyl groups is 1. The highest BCUT2D eigenvalue weighted by atomic mass is 32.2. The number of hydrogen-bond donors (Lipinski definition) is 2. The van der Waals surface area contributed by atoms with Crippen LogP contribution in [-0.2, 0) is 9.84 Å². The first kappa shape index (κ1) is 14.2. The lowest BCUT2D eigenvalue weighted by Gasteiger charge is -2.39. The van der Waals surface area contributed by atoms with E-state index in [9.17, 15) is 13.5 Å². The lowest BCUT2D eigenvalue weighted by atomic mass is 9.89. The minimum absolute atomic E-state index is 0.0829. The van der Waals surface area contributed by atoms with Gasteiger partial charge in [-0.05, 0) is 32.2 Å². The predicted octanol–water partition coefficient (Wildman–Crippen LogP) is -0.264. The van der Waals surface area contributed by atoms with Gasteiger partial charge in [-0.25, -0.2) is 8.42 Å². The van der Waals surface area contributed by atoms with Crippen molar-refractivity contribution in [2.45, 2.75) is 56.8 Å². The van der Waals surface area contributed by atoms with Crippen molar-refractivity contribution in [1.29, 1.82) is 0 Å². The zero-order chi connectivity index (χ0) is 13.3. The van der Waals surface area contributed by atoms with Gasteiger partial charge >= 0.3 is 0 Å². The molecule has 2 atom stereocenters. The molecule has 0 aromatic carbocycles. The van der Waals surface area contributed by atoms with E-state index in [2.05, 4.69) is 4.90 Å². The van der Waals surface area contributed by atoms with Gasteiger partial charge in [-0.1, -0.05) is 6.92 Å². The van der Waals surface area contributed by atoms with Crippen LogP contribution in [0.4, 0.5) is 0 Å². The molecule has 18 heavy (non-hydrogen) atoms. The minimum Gasteiger partial charge on any atom is -0.390 e. The largest absolute Gasteiger partial charge is 0.390 e. The van der Waals surface area contributed by atoms with Gasteiger partial charge in [-0.3, -0.25) is 4.90 Å². The molecule has 3 N–H and O–H groups in total. The molecule has 2 aliphatic rings. The first-order chi connectivity index (χ1) is 8.43. The second-order valence-corrected chi connectivity index (χ2v) is 7.76. The van der Waals surface area contributed by atoms with Gasteiger partial charge in [0.25, 0.3) is 0 Å². The highest BCUT2D eigenvalue weighted by Gasteiger charge is 2.41. The number of rotatable bonds is 3. The maximum absolute atomic E-state index is 11.6. The van der Waals surface area contributed by atoms with Crippen molar-refractivity contribution < 1.29 is 13.5 Å². The second-order valence-electron chi connectivity index (χ2n) is 5.61. The van der Waals surface area contributed by atoms with Crippen LogP contribution in [-0.4, -0.2) is 60.7 Å². The Hall–Kier alpha value is -0.170. The molecular weight excluding hydrogens is 252 g/mol. The molecule has 0 spiro atoms. The quantitative estimate of drug-likeness (QED) is 0.742. The van der Waals surface area contributed by atoms with E-state index in [0.29, 0.717) is 6.04 Å². The third kappa shape index (κ3) is 3.04. The molecule has 1 saturated heterocycles. The summed E-state index contributed by atoms with van der Waals surface area (Å²) in [6.07, 6.45) is 3.29. The second kappa shape index (κ2) is 5.45. The fraction of sp³-hybridized carbons (Fsp3) is 1.00. The van der Waals surface area contributed by atoms with Gasteiger partial charge in [0.05, 0.1) is 23.7 Å². The van der Waals surface area contributed by atoms with Crippen molar-refractivity contribution in [2.75, 3.05) is 18.1 Å². The summed E-state index contributed by atoms with van der Waals surface area (Å²) in [5.41, 5.74) is 5.90. The summed E-state index contributed by atoms with van der Waals surface area (Å²) in [7, 11) is -3.07. The molecule has 5 nitrogen and oxygen atoms in total. The summed E-state index contributed by atoms with van der Waals surface area (Å²) in [4.78, 5) is 2.18. The Morgan fingerprint density at radius 1 is 1.22 bits per heavy atom. The van der Waals surface area contributed by atoms with Gasteiger partial charge in [0, 0.05) is 12.1 Å². The van der Waals surface area contributed by atoms with E-state index in [1.807, 2.05) is 6.92 Å². The van der Waals surface area contributed by atoms with Crippen LogP contribution in [0.15, 0.2) is 0 Å². The normalized spacial score (nSPS) is 40.2. The molecule has 0 aromatic heterocycles. The number of aliphatic hydroxyl groups excluding tert-OH is 1. The van der Waals surface area contributed by atoms with Crippen molar-refractivity contribution >= 4 is 9.84 Å². The zero-order valence-corrected chi connectivity index (χ0v) is 11.8. The van der Waals surface area contributed by atoms with Gasteiger partial charge < -0.3 is 10.8 Å². The summed E-state index contributed by atoms with van der Waals surface area (Å²) in [6, 6.07) is 0.444. The predicted molar refractivity (Wildman–Crippen MR) is 71.1 cm³/mol. The first-order valence-electron chi connectivity index (χ1n) is 6.82. The number of sulfone groups is 1. The van der Waals surface area contributed by atoms with Crippen LogP contribution in [0.2, 0.25) is 0 Å². The summed E-state index contributed by atoms with van der Waals surface area (Å²) in [6.45, 7) is 2.82.